The molecule has 0 saturated carbocycles. The Morgan fingerprint density at radius 1 is 1.30 bits per heavy atom. The Bertz CT molecular complexity index is 421. The molecule has 0 amide bonds. The molecule has 0 heterocycles. The van der Waals surface area contributed by atoms with E-state index in [0.717, 1.165) is 12.1 Å². The smallest absolute Gasteiger partial charge is 0.165 e. The van der Waals surface area contributed by atoms with E-state index in [1.807, 2.05) is 13.0 Å². The van der Waals surface area contributed by atoms with E-state index in [4.69, 9.17) is 9.47 Å². The van der Waals surface area contributed by atoms with Crippen LogP contribution < -0.4 is 10.1 Å². The van der Waals surface area contributed by atoms with Crippen LogP contribution in [0.25, 0.3) is 0 Å². The lowest BCUT2D eigenvalue weighted by Crippen LogP contribution is -2.50. The van der Waals surface area contributed by atoms with Crippen molar-refractivity contribution in [3.8, 4) is 5.75 Å². The second-order valence-corrected chi connectivity index (χ2v) is 5.32. The Morgan fingerprint density at radius 3 is 2.50 bits per heavy atom. The Kier molecular flexibility index (Phi) is 6.43. The molecule has 1 aromatic carbocycles. The van der Waals surface area contributed by atoms with Crippen LogP contribution in [0, 0.1) is 5.82 Å². The van der Waals surface area contributed by atoms with Crippen molar-refractivity contribution in [2.75, 3.05) is 20.3 Å². The lowest BCUT2D eigenvalue weighted by molar-refractivity contribution is -0.0377. The van der Waals surface area contributed by atoms with E-state index in [2.05, 4.69) is 26.1 Å². The van der Waals surface area contributed by atoms with Crippen molar-refractivity contribution in [3.05, 3.63) is 29.6 Å². The maximum Gasteiger partial charge on any atom is 0.165 e. The minimum absolute atomic E-state index is 0.125. The predicted molar refractivity (Wildman–Crippen MR) is 79.8 cm³/mol. The fourth-order valence-corrected chi connectivity index (χ4v) is 2.36. The summed E-state index contributed by atoms with van der Waals surface area (Å²) in [5, 5.41) is 3.43. The standard InChI is InChI=1S/C16H26FNO2/c1-6-18-15(16(3,4)20-7-2)11-12-8-9-14(19-5)13(17)10-12/h8-10,15,18H,6-7,11H2,1-5H3. The van der Waals surface area contributed by atoms with E-state index in [1.165, 1.54) is 13.2 Å². The fraction of sp³-hybridized carbons (Fsp3) is 0.625. The summed E-state index contributed by atoms with van der Waals surface area (Å²) >= 11 is 0. The number of benzene rings is 1. The summed E-state index contributed by atoms with van der Waals surface area (Å²) in [4.78, 5) is 0. The molecule has 0 aliphatic rings. The zero-order chi connectivity index (χ0) is 15.2. The van der Waals surface area contributed by atoms with Crippen molar-refractivity contribution >= 4 is 0 Å². The van der Waals surface area contributed by atoms with Gasteiger partial charge in [-0.25, -0.2) is 4.39 Å². The maximum absolute atomic E-state index is 13.8. The minimum Gasteiger partial charge on any atom is -0.494 e. The van der Waals surface area contributed by atoms with E-state index in [1.54, 1.807) is 6.07 Å². The molecular formula is C16H26FNO2. The van der Waals surface area contributed by atoms with Crippen molar-refractivity contribution in [3.63, 3.8) is 0 Å². The summed E-state index contributed by atoms with van der Waals surface area (Å²) in [7, 11) is 1.47. The lowest BCUT2D eigenvalue weighted by atomic mass is 9.92. The van der Waals surface area contributed by atoms with Crippen LogP contribution in [0.5, 0.6) is 5.75 Å². The van der Waals surface area contributed by atoms with Crippen LogP contribution in [0.1, 0.15) is 33.3 Å². The molecule has 1 aromatic rings. The van der Waals surface area contributed by atoms with Crippen LogP contribution in [-0.4, -0.2) is 31.9 Å². The highest BCUT2D eigenvalue weighted by Crippen LogP contribution is 2.22. The molecule has 20 heavy (non-hydrogen) atoms. The molecule has 0 fully saturated rings. The molecule has 0 aliphatic carbocycles. The number of likely N-dealkylation sites (N-methyl/N-ethyl adjacent to an activating group) is 1. The molecule has 0 radical (unpaired) electrons. The third-order valence-corrected chi connectivity index (χ3v) is 3.46. The van der Waals surface area contributed by atoms with E-state index < -0.39 is 0 Å². The van der Waals surface area contributed by atoms with Crippen LogP contribution in [0.4, 0.5) is 4.39 Å². The Hall–Kier alpha value is -1.13. The van der Waals surface area contributed by atoms with Gasteiger partial charge in [-0.3, -0.25) is 0 Å². The van der Waals surface area contributed by atoms with Gasteiger partial charge >= 0.3 is 0 Å². The third-order valence-electron chi connectivity index (χ3n) is 3.46. The molecule has 1 rings (SSSR count). The Balaban J connectivity index is 2.87. The van der Waals surface area contributed by atoms with E-state index >= 15 is 0 Å². The molecule has 1 atom stereocenters. The molecule has 1 unspecified atom stereocenters. The highest BCUT2D eigenvalue weighted by molar-refractivity contribution is 5.30. The molecule has 114 valence electrons. The van der Waals surface area contributed by atoms with Gasteiger partial charge in [0.15, 0.2) is 11.6 Å². The number of halogens is 1. The van der Waals surface area contributed by atoms with Gasteiger partial charge in [-0.15, -0.1) is 0 Å². The molecule has 0 saturated heterocycles. The average molecular weight is 283 g/mol. The molecule has 0 spiro atoms. The van der Waals surface area contributed by atoms with Crippen molar-refractivity contribution in [2.24, 2.45) is 0 Å². The van der Waals surface area contributed by atoms with Gasteiger partial charge in [-0.2, -0.15) is 0 Å². The van der Waals surface area contributed by atoms with Gasteiger partial charge in [0.25, 0.3) is 0 Å². The second kappa shape index (κ2) is 7.60. The Labute approximate surface area is 121 Å². The summed E-state index contributed by atoms with van der Waals surface area (Å²) in [6.45, 7) is 9.67. The molecule has 0 aromatic heterocycles. The van der Waals surface area contributed by atoms with Crippen LogP contribution in [-0.2, 0) is 11.2 Å². The summed E-state index contributed by atoms with van der Waals surface area (Å²) in [5.74, 6) is -0.0488. The number of methoxy groups -OCH3 is 1. The first kappa shape index (κ1) is 16.9. The largest absolute Gasteiger partial charge is 0.494 e. The molecular weight excluding hydrogens is 257 g/mol. The van der Waals surface area contributed by atoms with Crippen LogP contribution in [0.2, 0.25) is 0 Å². The first-order valence-electron chi connectivity index (χ1n) is 7.14. The summed E-state index contributed by atoms with van der Waals surface area (Å²) in [6, 6.07) is 5.22. The summed E-state index contributed by atoms with van der Waals surface area (Å²) < 4.78 is 24.5. The van der Waals surface area contributed by atoms with Crippen molar-refractivity contribution in [1.82, 2.24) is 5.32 Å². The number of hydrogen-bond donors (Lipinski definition) is 1. The SMILES string of the molecule is CCNC(Cc1ccc(OC)c(F)c1)C(C)(C)OCC. The van der Waals surface area contributed by atoms with Crippen LogP contribution in [0.15, 0.2) is 18.2 Å². The number of hydrogen-bond acceptors (Lipinski definition) is 3. The van der Waals surface area contributed by atoms with Gasteiger partial charge in [-0.05, 0) is 51.4 Å². The van der Waals surface area contributed by atoms with Crippen molar-refractivity contribution < 1.29 is 13.9 Å². The number of rotatable bonds is 8. The van der Waals surface area contributed by atoms with Crippen LogP contribution in [0.3, 0.4) is 0 Å². The number of nitrogens with one attached hydrogen (secondary N) is 1. The highest BCUT2D eigenvalue weighted by Gasteiger charge is 2.29. The fourth-order valence-electron chi connectivity index (χ4n) is 2.36. The second-order valence-electron chi connectivity index (χ2n) is 5.32. The lowest BCUT2D eigenvalue weighted by Gasteiger charge is -2.35. The van der Waals surface area contributed by atoms with E-state index in [0.29, 0.717) is 13.0 Å². The molecule has 3 nitrogen and oxygen atoms in total. The highest BCUT2D eigenvalue weighted by atomic mass is 19.1. The first-order valence-corrected chi connectivity index (χ1v) is 7.14. The van der Waals surface area contributed by atoms with Gasteiger partial charge in [0.05, 0.1) is 12.7 Å². The third kappa shape index (κ3) is 4.46. The van der Waals surface area contributed by atoms with E-state index in [-0.39, 0.29) is 23.2 Å². The zero-order valence-corrected chi connectivity index (χ0v) is 13.1. The summed E-state index contributed by atoms with van der Waals surface area (Å²) in [6.07, 6.45) is 0.710. The zero-order valence-electron chi connectivity index (χ0n) is 13.1. The predicted octanol–water partition coefficient (Wildman–Crippen LogP) is 3.17. The molecule has 1 N–H and O–H groups in total. The summed E-state index contributed by atoms with van der Waals surface area (Å²) in [5.41, 5.74) is 0.628. The van der Waals surface area contributed by atoms with E-state index in [9.17, 15) is 4.39 Å². The number of ether oxygens (including phenoxy) is 2. The van der Waals surface area contributed by atoms with Gasteiger partial charge in [0, 0.05) is 12.6 Å². The van der Waals surface area contributed by atoms with Crippen molar-refractivity contribution in [1.29, 1.82) is 0 Å². The first-order chi connectivity index (χ1) is 9.44. The maximum atomic E-state index is 13.8. The molecule has 4 heteroatoms. The molecule has 0 bridgehead atoms. The Morgan fingerprint density at radius 2 is 2.00 bits per heavy atom. The minimum atomic E-state index is -0.325. The van der Waals surface area contributed by atoms with Crippen LogP contribution >= 0.6 is 0 Å². The average Bonchev–Trinajstić information content (AvgIpc) is 2.38. The van der Waals surface area contributed by atoms with Gasteiger partial charge < -0.3 is 14.8 Å². The monoisotopic (exact) mass is 283 g/mol. The van der Waals surface area contributed by atoms with Gasteiger partial charge in [0.2, 0.25) is 0 Å². The van der Waals surface area contributed by atoms with Crippen molar-refractivity contribution in [2.45, 2.75) is 45.8 Å². The van der Waals surface area contributed by atoms with Gasteiger partial charge in [0.1, 0.15) is 0 Å². The normalized spacial score (nSPS) is 13.3. The van der Waals surface area contributed by atoms with Gasteiger partial charge in [-0.1, -0.05) is 13.0 Å². The topological polar surface area (TPSA) is 30.5 Å². The molecule has 0 aliphatic heterocycles. The quantitative estimate of drug-likeness (QED) is 0.795.